The van der Waals surface area contributed by atoms with Gasteiger partial charge in [-0.15, -0.1) is 0 Å². The fraction of sp³-hybridized carbons (Fsp3) is 0.417. The fourth-order valence-corrected chi connectivity index (χ4v) is 1.36. The Hall–Kier alpha value is -1.55. The second kappa shape index (κ2) is 6.12. The smallest absolute Gasteiger partial charge is 0.248 e. The Morgan fingerprint density at radius 3 is 2.56 bits per heavy atom. The topological polar surface area (TPSA) is 64.3 Å². The predicted octanol–water partition coefficient (Wildman–Crippen LogP) is 1.02. The number of hydrogen-bond acceptors (Lipinski definition) is 3. The molecule has 0 aliphatic heterocycles. The molecule has 1 atom stereocenters. The number of primary amides is 1. The SMILES string of the molecule is CNCC(C)COc1ccc(C(N)=O)cc1. The van der Waals surface area contributed by atoms with Gasteiger partial charge in [0.2, 0.25) is 5.91 Å². The minimum Gasteiger partial charge on any atom is -0.493 e. The molecule has 3 N–H and O–H groups in total. The van der Waals surface area contributed by atoms with Crippen LogP contribution in [0.4, 0.5) is 0 Å². The molecule has 0 aliphatic rings. The number of hydrogen-bond donors (Lipinski definition) is 2. The van der Waals surface area contributed by atoms with Crippen LogP contribution >= 0.6 is 0 Å². The standard InChI is InChI=1S/C12H18N2O2/c1-9(7-14-2)8-16-11-5-3-10(4-6-11)12(13)15/h3-6,9,14H,7-8H2,1-2H3,(H2,13,15). The monoisotopic (exact) mass is 222 g/mol. The van der Waals surface area contributed by atoms with Crippen molar-refractivity contribution in [3.05, 3.63) is 29.8 Å². The highest BCUT2D eigenvalue weighted by Gasteiger charge is 2.03. The van der Waals surface area contributed by atoms with Crippen molar-refractivity contribution in [1.29, 1.82) is 0 Å². The molecule has 4 nitrogen and oxygen atoms in total. The largest absolute Gasteiger partial charge is 0.493 e. The second-order valence-electron chi connectivity index (χ2n) is 3.86. The van der Waals surface area contributed by atoms with Crippen LogP contribution in [0.1, 0.15) is 17.3 Å². The zero-order valence-corrected chi connectivity index (χ0v) is 9.69. The lowest BCUT2D eigenvalue weighted by molar-refractivity contribution is 0.100. The van der Waals surface area contributed by atoms with Gasteiger partial charge < -0.3 is 15.8 Å². The van der Waals surface area contributed by atoms with Gasteiger partial charge in [-0.2, -0.15) is 0 Å². The first-order chi connectivity index (χ1) is 7.63. The van der Waals surface area contributed by atoms with Crippen molar-refractivity contribution in [3.63, 3.8) is 0 Å². The molecule has 88 valence electrons. The van der Waals surface area contributed by atoms with E-state index in [1.165, 1.54) is 0 Å². The minimum atomic E-state index is -0.421. The van der Waals surface area contributed by atoms with Crippen LogP contribution in [-0.2, 0) is 0 Å². The zero-order valence-electron chi connectivity index (χ0n) is 9.69. The highest BCUT2D eigenvalue weighted by Crippen LogP contribution is 2.12. The summed E-state index contributed by atoms with van der Waals surface area (Å²) in [5.74, 6) is 0.781. The molecule has 4 heteroatoms. The lowest BCUT2D eigenvalue weighted by Crippen LogP contribution is -2.21. The second-order valence-corrected chi connectivity index (χ2v) is 3.86. The number of benzene rings is 1. The molecule has 0 aromatic heterocycles. The molecule has 1 amide bonds. The molecule has 0 aliphatic carbocycles. The van der Waals surface area contributed by atoms with E-state index < -0.39 is 5.91 Å². The van der Waals surface area contributed by atoms with Crippen molar-refractivity contribution in [2.24, 2.45) is 11.7 Å². The van der Waals surface area contributed by atoms with Crippen LogP contribution in [0.25, 0.3) is 0 Å². The van der Waals surface area contributed by atoms with Gasteiger partial charge in [-0.05, 0) is 31.3 Å². The van der Waals surface area contributed by atoms with E-state index in [-0.39, 0.29) is 0 Å². The average molecular weight is 222 g/mol. The minimum absolute atomic E-state index is 0.421. The molecule has 0 saturated carbocycles. The number of nitrogens with one attached hydrogen (secondary N) is 1. The van der Waals surface area contributed by atoms with Crippen molar-refractivity contribution in [3.8, 4) is 5.75 Å². The third-order valence-electron chi connectivity index (χ3n) is 2.23. The lowest BCUT2D eigenvalue weighted by atomic mass is 10.2. The summed E-state index contributed by atoms with van der Waals surface area (Å²) in [7, 11) is 1.91. The number of amides is 1. The first kappa shape index (κ1) is 12.5. The van der Waals surface area contributed by atoms with E-state index >= 15 is 0 Å². The van der Waals surface area contributed by atoms with Crippen LogP contribution in [0.15, 0.2) is 24.3 Å². The highest BCUT2D eigenvalue weighted by atomic mass is 16.5. The molecule has 1 aromatic carbocycles. The summed E-state index contributed by atoms with van der Waals surface area (Å²) in [4.78, 5) is 10.8. The van der Waals surface area contributed by atoms with Gasteiger partial charge in [-0.1, -0.05) is 6.92 Å². The van der Waals surface area contributed by atoms with Crippen molar-refractivity contribution < 1.29 is 9.53 Å². The van der Waals surface area contributed by atoms with Gasteiger partial charge in [0.05, 0.1) is 6.61 Å². The number of nitrogens with two attached hydrogens (primary N) is 1. The molecule has 0 heterocycles. The van der Waals surface area contributed by atoms with E-state index in [2.05, 4.69) is 12.2 Å². The number of ether oxygens (including phenoxy) is 1. The number of rotatable bonds is 6. The zero-order chi connectivity index (χ0) is 12.0. The molecule has 1 unspecified atom stereocenters. The summed E-state index contributed by atoms with van der Waals surface area (Å²) in [6.07, 6.45) is 0. The van der Waals surface area contributed by atoms with Crippen LogP contribution in [0.3, 0.4) is 0 Å². The third kappa shape index (κ3) is 3.90. The Morgan fingerprint density at radius 1 is 1.44 bits per heavy atom. The van der Waals surface area contributed by atoms with Gasteiger partial charge in [0.15, 0.2) is 0 Å². The van der Waals surface area contributed by atoms with Crippen LogP contribution < -0.4 is 15.8 Å². The molecule has 0 spiro atoms. The molecule has 1 rings (SSSR count). The molecule has 0 radical (unpaired) electrons. The van der Waals surface area contributed by atoms with Gasteiger partial charge >= 0.3 is 0 Å². The van der Waals surface area contributed by atoms with Crippen LogP contribution in [0.2, 0.25) is 0 Å². The fourth-order valence-electron chi connectivity index (χ4n) is 1.36. The molecular formula is C12H18N2O2. The molecule has 0 bridgehead atoms. The van der Waals surface area contributed by atoms with Gasteiger partial charge in [-0.25, -0.2) is 0 Å². The maximum absolute atomic E-state index is 10.8. The summed E-state index contributed by atoms with van der Waals surface area (Å²) >= 11 is 0. The summed E-state index contributed by atoms with van der Waals surface area (Å²) < 4.78 is 5.56. The average Bonchev–Trinajstić information content (AvgIpc) is 2.27. The van der Waals surface area contributed by atoms with E-state index in [1.54, 1.807) is 24.3 Å². The van der Waals surface area contributed by atoms with E-state index in [4.69, 9.17) is 10.5 Å². The normalized spacial score (nSPS) is 12.1. The van der Waals surface area contributed by atoms with Crippen molar-refractivity contribution in [1.82, 2.24) is 5.32 Å². The first-order valence-electron chi connectivity index (χ1n) is 5.30. The first-order valence-corrected chi connectivity index (χ1v) is 5.30. The molecule has 1 aromatic rings. The van der Waals surface area contributed by atoms with Crippen LogP contribution in [-0.4, -0.2) is 26.1 Å². The van der Waals surface area contributed by atoms with Crippen molar-refractivity contribution in [2.75, 3.05) is 20.2 Å². The highest BCUT2D eigenvalue weighted by molar-refractivity contribution is 5.92. The number of carbonyl (C=O) groups is 1. The van der Waals surface area contributed by atoms with E-state index in [0.29, 0.717) is 18.1 Å². The van der Waals surface area contributed by atoms with Crippen LogP contribution in [0.5, 0.6) is 5.75 Å². The molecule has 0 fully saturated rings. The number of carbonyl (C=O) groups excluding carboxylic acids is 1. The Balaban J connectivity index is 2.46. The van der Waals surface area contributed by atoms with Gasteiger partial charge in [0.25, 0.3) is 0 Å². The Labute approximate surface area is 95.8 Å². The quantitative estimate of drug-likeness (QED) is 0.755. The van der Waals surface area contributed by atoms with Gasteiger partial charge in [-0.3, -0.25) is 4.79 Å². The summed E-state index contributed by atoms with van der Waals surface area (Å²) in [6, 6.07) is 6.85. The Kier molecular flexibility index (Phi) is 4.79. The third-order valence-corrected chi connectivity index (χ3v) is 2.23. The molecule has 0 saturated heterocycles. The predicted molar refractivity (Wildman–Crippen MR) is 63.5 cm³/mol. The Bertz CT molecular complexity index is 335. The maximum Gasteiger partial charge on any atom is 0.248 e. The van der Waals surface area contributed by atoms with E-state index in [1.807, 2.05) is 7.05 Å². The van der Waals surface area contributed by atoms with Crippen molar-refractivity contribution >= 4 is 5.91 Å². The lowest BCUT2D eigenvalue weighted by Gasteiger charge is -2.12. The van der Waals surface area contributed by atoms with Crippen LogP contribution in [0, 0.1) is 5.92 Å². The molecular weight excluding hydrogens is 204 g/mol. The van der Waals surface area contributed by atoms with E-state index in [0.717, 1.165) is 12.3 Å². The van der Waals surface area contributed by atoms with E-state index in [9.17, 15) is 4.79 Å². The van der Waals surface area contributed by atoms with Gasteiger partial charge in [0.1, 0.15) is 5.75 Å². The Morgan fingerprint density at radius 2 is 2.06 bits per heavy atom. The summed E-state index contributed by atoms with van der Waals surface area (Å²) in [5, 5.41) is 3.09. The maximum atomic E-state index is 10.8. The van der Waals surface area contributed by atoms with Gasteiger partial charge in [0, 0.05) is 18.0 Å². The van der Waals surface area contributed by atoms with Crippen molar-refractivity contribution in [2.45, 2.75) is 6.92 Å². The summed E-state index contributed by atoms with van der Waals surface area (Å²) in [6.45, 7) is 3.67. The summed E-state index contributed by atoms with van der Waals surface area (Å²) in [5.41, 5.74) is 5.63. The molecule has 16 heavy (non-hydrogen) atoms.